The first-order valence-corrected chi connectivity index (χ1v) is 8.37. The largest absolute Gasteiger partial charge is 0.391 e. The van der Waals surface area contributed by atoms with Gasteiger partial charge < -0.3 is 15.3 Å². The Morgan fingerprint density at radius 3 is 2.59 bits per heavy atom. The number of nitrogens with zero attached hydrogens (tertiary/aromatic N) is 1. The fourth-order valence-electron chi connectivity index (χ4n) is 3.30. The number of nitrogens with one attached hydrogen (secondary N) is 1. The number of aliphatic hydroxyl groups is 1. The van der Waals surface area contributed by atoms with Crippen molar-refractivity contribution in [3.63, 3.8) is 0 Å². The number of amides is 2. The Morgan fingerprint density at radius 2 is 2.00 bits per heavy atom. The number of benzene rings is 1. The lowest BCUT2D eigenvalue weighted by Crippen LogP contribution is -2.50. The highest BCUT2D eigenvalue weighted by Gasteiger charge is 2.30. The van der Waals surface area contributed by atoms with Crippen LogP contribution in [-0.4, -0.2) is 41.8 Å². The molecule has 2 amide bonds. The number of likely N-dealkylation sites (tertiary alicyclic amines) is 1. The molecule has 0 bridgehead atoms. The Labute approximate surface area is 133 Å². The van der Waals surface area contributed by atoms with Crippen molar-refractivity contribution < 1.29 is 9.90 Å². The molecule has 2 rings (SSSR count). The molecule has 0 saturated carbocycles. The topological polar surface area (TPSA) is 52.6 Å². The summed E-state index contributed by atoms with van der Waals surface area (Å²) in [6, 6.07) is 10.4. The van der Waals surface area contributed by atoms with Crippen molar-refractivity contribution in [1.82, 2.24) is 10.2 Å². The van der Waals surface area contributed by atoms with Crippen LogP contribution in [0.1, 0.15) is 45.1 Å². The number of rotatable bonds is 5. The quantitative estimate of drug-likeness (QED) is 0.879. The van der Waals surface area contributed by atoms with Crippen molar-refractivity contribution in [1.29, 1.82) is 0 Å². The first kappa shape index (κ1) is 16.8. The van der Waals surface area contributed by atoms with Gasteiger partial charge in [0.05, 0.1) is 6.10 Å². The van der Waals surface area contributed by atoms with Gasteiger partial charge in [-0.3, -0.25) is 0 Å². The van der Waals surface area contributed by atoms with E-state index in [1.54, 1.807) is 4.90 Å². The van der Waals surface area contributed by atoms with Gasteiger partial charge in [0.2, 0.25) is 0 Å². The zero-order valence-corrected chi connectivity index (χ0v) is 13.7. The molecule has 0 aliphatic carbocycles. The molecule has 1 aliphatic heterocycles. The zero-order chi connectivity index (χ0) is 16.0. The minimum Gasteiger partial charge on any atom is -0.391 e. The van der Waals surface area contributed by atoms with Crippen LogP contribution in [0.25, 0.3) is 0 Å². The molecule has 4 nitrogen and oxygen atoms in total. The van der Waals surface area contributed by atoms with Crippen LogP contribution in [0.5, 0.6) is 0 Å². The number of hydrogen-bond donors (Lipinski definition) is 2. The molecule has 1 fully saturated rings. The molecular formula is C18H28N2O2. The van der Waals surface area contributed by atoms with Crippen LogP contribution >= 0.6 is 0 Å². The molecule has 1 aliphatic rings. The first-order valence-electron chi connectivity index (χ1n) is 8.37. The van der Waals surface area contributed by atoms with Gasteiger partial charge in [-0.2, -0.15) is 0 Å². The molecule has 1 aromatic rings. The van der Waals surface area contributed by atoms with E-state index >= 15 is 0 Å². The summed E-state index contributed by atoms with van der Waals surface area (Å²) in [6.45, 7) is 6.16. The summed E-state index contributed by atoms with van der Waals surface area (Å²) in [4.78, 5) is 14.1. The minimum atomic E-state index is -0.379. The predicted octanol–water partition coefficient (Wildman–Crippen LogP) is 2.91. The van der Waals surface area contributed by atoms with Crippen molar-refractivity contribution in [3.05, 3.63) is 35.9 Å². The number of urea groups is 1. The van der Waals surface area contributed by atoms with Gasteiger partial charge in [-0.1, -0.05) is 44.2 Å². The summed E-state index contributed by atoms with van der Waals surface area (Å²) in [6.07, 6.45) is 3.25. The molecule has 4 heteroatoms. The number of carbonyl (C=O) groups excluding carboxylic acids is 1. The average Bonchev–Trinajstić information content (AvgIpc) is 2.57. The Bertz CT molecular complexity index is 471. The molecule has 22 heavy (non-hydrogen) atoms. The second-order valence-corrected chi connectivity index (χ2v) is 6.25. The lowest BCUT2D eigenvalue weighted by Gasteiger charge is -2.35. The summed E-state index contributed by atoms with van der Waals surface area (Å²) in [7, 11) is 0. The third-order valence-corrected chi connectivity index (χ3v) is 5.00. The number of β-amino-alcohol motifs (C(OH)–C–C–N with tert-alkyl or cyclic N) is 1. The van der Waals surface area contributed by atoms with Gasteiger partial charge in [-0.15, -0.1) is 0 Å². The average molecular weight is 304 g/mol. The van der Waals surface area contributed by atoms with E-state index in [0.29, 0.717) is 13.1 Å². The lowest BCUT2D eigenvalue weighted by molar-refractivity contribution is 0.0836. The van der Waals surface area contributed by atoms with E-state index in [-0.39, 0.29) is 17.6 Å². The summed E-state index contributed by atoms with van der Waals surface area (Å²) in [5, 5.41) is 12.8. The highest BCUT2D eigenvalue weighted by atomic mass is 16.3. The molecule has 2 N–H and O–H groups in total. The monoisotopic (exact) mass is 304 g/mol. The molecule has 1 atom stereocenters. The summed E-state index contributed by atoms with van der Waals surface area (Å²) in [5.41, 5.74) is 1.25. The van der Waals surface area contributed by atoms with E-state index in [9.17, 15) is 9.90 Å². The molecule has 1 heterocycles. The van der Waals surface area contributed by atoms with Gasteiger partial charge in [-0.25, -0.2) is 4.79 Å². The van der Waals surface area contributed by atoms with Gasteiger partial charge in [0.1, 0.15) is 0 Å². The number of piperidine rings is 1. The van der Waals surface area contributed by atoms with Gasteiger partial charge in [0.25, 0.3) is 0 Å². The molecule has 1 saturated heterocycles. The van der Waals surface area contributed by atoms with Crippen molar-refractivity contribution in [2.24, 2.45) is 0 Å². The van der Waals surface area contributed by atoms with Gasteiger partial charge in [0, 0.05) is 25.0 Å². The molecule has 0 spiro atoms. The van der Waals surface area contributed by atoms with Gasteiger partial charge in [-0.05, 0) is 31.2 Å². The third-order valence-electron chi connectivity index (χ3n) is 5.00. The van der Waals surface area contributed by atoms with Crippen LogP contribution in [0.2, 0.25) is 0 Å². The predicted molar refractivity (Wildman–Crippen MR) is 88.9 cm³/mol. The van der Waals surface area contributed by atoms with Crippen LogP contribution in [0.15, 0.2) is 30.3 Å². The van der Waals surface area contributed by atoms with Crippen LogP contribution in [-0.2, 0) is 5.41 Å². The maximum atomic E-state index is 12.4. The SMILES string of the molecule is CCC(CC)(CNC(=O)N1CCCC(O)C1)c1ccccc1. The van der Waals surface area contributed by atoms with E-state index in [4.69, 9.17) is 0 Å². The summed E-state index contributed by atoms with van der Waals surface area (Å²) in [5.74, 6) is 0. The molecular weight excluding hydrogens is 276 g/mol. The number of carbonyl (C=O) groups is 1. The second-order valence-electron chi connectivity index (χ2n) is 6.25. The molecule has 122 valence electrons. The van der Waals surface area contributed by atoms with Crippen LogP contribution in [0.4, 0.5) is 4.79 Å². The second kappa shape index (κ2) is 7.63. The molecule has 0 radical (unpaired) electrons. The van der Waals surface area contributed by atoms with E-state index < -0.39 is 0 Å². The first-order chi connectivity index (χ1) is 10.6. The lowest BCUT2D eigenvalue weighted by atomic mass is 9.76. The van der Waals surface area contributed by atoms with Gasteiger partial charge >= 0.3 is 6.03 Å². The third kappa shape index (κ3) is 3.80. The normalized spacial score (nSPS) is 19.0. The number of hydrogen-bond acceptors (Lipinski definition) is 2. The molecule has 1 aromatic carbocycles. The van der Waals surface area contributed by atoms with Crippen molar-refractivity contribution in [2.45, 2.75) is 51.0 Å². The summed E-state index contributed by atoms with van der Waals surface area (Å²) >= 11 is 0. The van der Waals surface area contributed by atoms with E-state index in [0.717, 1.165) is 32.2 Å². The number of aliphatic hydroxyl groups excluding tert-OH is 1. The smallest absolute Gasteiger partial charge is 0.317 e. The Balaban J connectivity index is 2.01. The zero-order valence-electron chi connectivity index (χ0n) is 13.7. The fourth-order valence-corrected chi connectivity index (χ4v) is 3.30. The minimum absolute atomic E-state index is 0.0225. The Kier molecular flexibility index (Phi) is 5.83. The Morgan fingerprint density at radius 1 is 1.32 bits per heavy atom. The van der Waals surface area contributed by atoms with Crippen molar-refractivity contribution in [2.75, 3.05) is 19.6 Å². The van der Waals surface area contributed by atoms with E-state index in [2.05, 4.69) is 43.4 Å². The van der Waals surface area contributed by atoms with Crippen LogP contribution < -0.4 is 5.32 Å². The highest BCUT2D eigenvalue weighted by molar-refractivity contribution is 5.74. The van der Waals surface area contributed by atoms with Crippen LogP contribution in [0, 0.1) is 0 Å². The molecule has 1 unspecified atom stereocenters. The fraction of sp³-hybridized carbons (Fsp3) is 0.611. The van der Waals surface area contributed by atoms with E-state index in [1.165, 1.54) is 5.56 Å². The highest BCUT2D eigenvalue weighted by Crippen LogP contribution is 2.30. The van der Waals surface area contributed by atoms with Crippen molar-refractivity contribution in [3.8, 4) is 0 Å². The molecule has 0 aromatic heterocycles. The van der Waals surface area contributed by atoms with E-state index in [1.807, 2.05) is 6.07 Å². The maximum absolute atomic E-state index is 12.4. The van der Waals surface area contributed by atoms with Crippen molar-refractivity contribution >= 4 is 6.03 Å². The van der Waals surface area contributed by atoms with Crippen LogP contribution in [0.3, 0.4) is 0 Å². The standard InChI is InChI=1S/C18H28N2O2/c1-3-18(4-2,15-9-6-5-7-10-15)14-19-17(22)20-12-8-11-16(21)13-20/h5-7,9-10,16,21H,3-4,8,11-14H2,1-2H3,(H,19,22). The maximum Gasteiger partial charge on any atom is 0.317 e. The summed E-state index contributed by atoms with van der Waals surface area (Å²) < 4.78 is 0. The van der Waals surface area contributed by atoms with Gasteiger partial charge in [0.15, 0.2) is 0 Å². The Hall–Kier alpha value is -1.55.